The zero-order valence-corrected chi connectivity index (χ0v) is 11.1. The van der Waals surface area contributed by atoms with Gasteiger partial charge in [0.25, 0.3) is 0 Å². The first-order chi connectivity index (χ1) is 8.88. The summed E-state index contributed by atoms with van der Waals surface area (Å²) in [5, 5.41) is 0. The summed E-state index contributed by atoms with van der Waals surface area (Å²) in [7, 11) is 0. The van der Waals surface area contributed by atoms with Crippen LogP contribution < -0.4 is 10.6 Å². The maximum atomic E-state index is 5.60. The molecule has 18 heavy (non-hydrogen) atoms. The van der Waals surface area contributed by atoms with Crippen molar-refractivity contribution in [3.8, 4) is 0 Å². The number of hydrogen-bond donors (Lipinski definition) is 1. The van der Waals surface area contributed by atoms with Crippen molar-refractivity contribution in [3.05, 3.63) is 29.8 Å². The monoisotopic (exact) mass is 244 g/mol. The van der Waals surface area contributed by atoms with Crippen LogP contribution in [0.25, 0.3) is 0 Å². The van der Waals surface area contributed by atoms with Crippen molar-refractivity contribution in [1.29, 1.82) is 0 Å². The number of nitrogens with zero attached hydrogens (tertiary/aromatic N) is 1. The Balaban J connectivity index is 1.76. The highest BCUT2D eigenvalue weighted by Crippen LogP contribution is 2.39. The van der Waals surface area contributed by atoms with E-state index >= 15 is 0 Å². The zero-order valence-electron chi connectivity index (χ0n) is 11.1. The molecule has 1 saturated carbocycles. The van der Waals surface area contributed by atoms with Gasteiger partial charge in [-0.05, 0) is 62.3 Å². The second-order valence-corrected chi connectivity index (χ2v) is 5.80. The van der Waals surface area contributed by atoms with Crippen LogP contribution in [0.1, 0.15) is 37.7 Å². The van der Waals surface area contributed by atoms with Crippen molar-refractivity contribution in [2.24, 2.45) is 11.7 Å². The van der Waals surface area contributed by atoms with Gasteiger partial charge in [0, 0.05) is 18.3 Å². The minimum absolute atomic E-state index is 0.744. The first-order valence-corrected chi connectivity index (χ1v) is 7.44. The van der Waals surface area contributed by atoms with Gasteiger partial charge in [-0.1, -0.05) is 18.6 Å². The molecular formula is C16H24N2. The topological polar surface area (TPSA) is 29.3 Å². The Bertz CT molecular complexity index is 385. The molecule has 98 valence electrons. The first-order valence-electron chi connectivity index (χ1n) is 7.44. The minimum Gasteiger partial charge on any atom is -0.368 e. The molecule has 3 rings (SSSR count). The molecule has 1 aliphatic carbocycles. The maximum Gasteiger partial charge on any atom is 0.0368 e. The van der Waals surface area contributed by atoms with E-state index in [9.17, 15) is 0 Å². The van der Waals surface area contributed by atoms with Gasteiger partial charge >= 0.3 is 0 Å². The molecule has 2 fully saturated rings. The highest BCUT2D eigenvalue weighted by atomic mass is 15.2. The molecule has 0 amide bonds. The van der Waals surface area contributed by atoms with Crippen LogP contribution >= 0.6 is 0 Å². The van der Waals surface area contributed by atoms with Gasteiger partial charge in [-0.2, -0.15) is 0 Å². The molecule has 0 radical (unpaired) electrons. The van der Waals surface area contributed by atoms with Gasteiger partial charge in [-0.15, -0.1) is 0 Å². The average molecular weight is 244 g/mol. The maximum absolute atomic E-state index is 5.60. The van der Waals surface area contributed by atoms with Gasteiger partial charge in [0.1, 0.15) is 0 Å². The van der Waals surface area contributed by atoms with E-state index in [2.05, 4.69) is 29.2 Å². The van der Waals surface area contributed by atoms with Crippen LogP contribution in [-0.4, -0.2) is 19.1 Å². The fourth-order valence-corrected chi connectivity index (χ4v) is 3.80. The summed E-state index contributed by atoms with van der Waals surface area (Å²) in [4.78, 5) is 2.66. The Labute approximate surface area is 110 Å². The normalized spacial score (nSPS) is 27.3. The van der Waals surface area contributed by atoms with Gasteiger partial charge in [-0.25, -0.2) is 0 Å². The summed E-state index contributed by atoms with van der Waals surface area (Å²) in [6.07, 6.45) is 8.09. The Kier molecular flexibility index (Phi) is 3.55. The molecule has 2 nitrogen and oxygen atoms in total. The summed E-state index contributed by atoms with van der Waals surface area (Å²) >= 11 is 0. The van der Waals surface area contributed by atoms with E-state index in [1.165, 1.54) is 49.9 Å². The molecule has 2 atom stereocenters. The Morgan fingerprint density at radius 3 is 2.61 bits per heavy atom. The first kappa shape index (κ1) is 12.0. The SMILES string of the molecule is NCCc1ccc(N2CCCC3CCCC32)cc1. The van der Waals surface area contributed by atoms with E-state index < -0.39 is 0 Å². The molecule has 2 unspecified atom stereocenters. The van der Waals surface area contributed by atoms with Gasteiger partial charge in [0.05, 0.1) is 0 Å². The number of benzene rings is 1. The third-order valence-electron chi connectivity index (χ3n) is 4.69. The van der Waals surface area contributed by atoms with Crippen molar-refractivity contribution in [3.63, 3.8) is 0 Å². The number of rotatable bonds is 3. The lowest BCUT2D eigenvalue weighted by molar-refractivity contribution is 0.362. The molecule has 0 bridgehead atoms. The van der Waals surface area contributed by atoms with Crippen molar-refractivity contribution in [2.75, 3.05) is 18.0 Å². The minimum atomic E-state index is 0.744. The molecule has 1 saturated heterocycles. The second kappa shape index (κ2) is 5.31. The fraction of sp³-hybridized carbons (Fsp3) is 0.625. The van der Waals surface area contributed by atoms with Crippen LogP contribution in [0.3, 0.4) is 0 Å². The van der Waals surface area contributed by atoms with Crippen LogP contribution in [-0.2, 0) is 6.42 Å². The standard InChI is InChI=1S/C16H24N2/c17-11-10-13-6-8-15(9-7-13)18-12-2-4-14-3-1-5-16(14)18/h6-9,14,16H,1-5,10-12,17H2. The summed E-state index contributed by atoms with van der Waals surface area (Å²) in [5.74, 6) is 0.961. The molecule has 1 aliphatic heterocycles. The molecule has 2 aliphatic rings. The predicted molar refractivity (Wildman–Crippen MR) is 76.9 cm³/mol. The molecule has 0 spiro atoms. The molecule has 2 heteroatoms. The van der Waals surface area contributed by atoms with Crippen molar-refractivity contribution in [1.82, 2.24) is 0 Å². The Morgan fingerprint density at radius 2 is 1.83 bits per heavy atom. The molecule has 1 aromatic rings. The lowest BCUT2D eigenvalue weighted by Crippen LogP contribution is -2.42. The van der Waals surface area contributed by atoms with E-state index in [0.717, 1.165) is 24.9 Å². The second-order valence-electron chi connectivity index (χ2n) is 5.80. The number of hydrogen-bond acceptors (Lipinski definition) is 2. The summed E-state index contributed by atoms with van der Waals surface area (Å²) in [6.45, 7) is 1.99. The summed E-state index contributed by atoms with van der Waals surface area (Å²) < 4.78 is 0. The third-order valence-corrected chi connectivity index (χ3v) is 4.69. The molecular weight excluding hydrogens is 220 g/mol. The van der Waals surface area contributed by atoms with E-state index in [1.54, 1.807) is 0 Å². The fourth-order valence-electron chi connectivity index (χ4n) is 3.80. The number of nitrogens with two attached hydrogens (primary N) is 1. The smallest absolute Gasteiger partial charge is 0.0368 e. The highest BCUT2D eigenvalue weighted by Gasteiger charge is 2.34. The zero-order chi connectivity index (χ0) is 12.4. The molecule has 1 heterocycles. The van der Waals surface area contributed by atoms with Crippen LogP contribution in [0, 0.1) is 5.92 Å². The molecule has 1 aromatic carbocycles. The summed E-state index contributed by atoms with van der Waals surface area (Å²) in [6, 6.07) is 9.91. The summed E-state index contributed by atoms with van der Waals surface area (Å²) in [5.41, 5.74) is 8.39. The Hall–Kier alpha value is -1.02. The molecule has 0 aromatic heterocycles. The highest BCUT2D eigenvalue weighted by molar-refractivity contribution is 5.49. The number of fused-ring (bicyclic) bond motifs is 1. The average Bonchev–Trinajstić information content (AvgIpc) is 2.88. The van der Waals surface area contributed by atoms with Gasteiger partial charge in [0.15, 0.2) is 0 Å². The van der Waals surface area contributed by atoms with Gasteiger partial charge in [0.2, 0.25) is 0 Å². The van der Waals surface area contributed by atoms with E-state index in [1.807, 2.05) is 0 Å². The van der Waals surface area contributed by atoms with Crippen molar-refractivity contribution < 1.29 is 0 Å². The molecule has 2 N–H and O–H groups in total. The van der Waals surface area contributed by atoms with Crippen molar-refractivity contribution >= 4 is 5.69 Å². The van der Waals surface area contributed by atoms with E-state index in [-0.39, 0.29) is 0 Å². The van der Waals surface area contributed by atoms with Crippen LogP contribution in [0.5, 0.6) is 0 Å². The largest absolute Gasteiger partial charge is 0.368 e. The Morgan fingerprint density at radius 1 is 1.06 bits per heavy atom. The van der Waals surface area contributed by atoms with E-state index in [4.69, 9.17) is 5.73 Å². The van der Waals surface area contributed by atoms with Crippen LogP contribution in [0.4, 0.5) is 5.69 Å². The van der Waals surface area contributed by atoms with Gasteiger partial charge in [-0.3, -0.25) is 0 Å². The van der Waals surface area contributed by atoms with Gasteiger partial charge < -0.3 is 10.6 Å². The quantitative estimate of drug-likeness (QED) is 0.885. The third kappa shape index (κ3) is 2.26. The van der Waals surface area contributed by atoms with Crippen LogP contribution in [0.15, 0.2) is 24.3 Å². The number of piperidine rings is 1. The van der Waals surface area contributed by atoms with E-state index in [0.29, 0.717) is 0 Å². The number of anilines is 1. The van der Waals surface area contributed by atoms with Crippen molar-refractivity contribution in [2.45, 2.75) is 44.6 Å². The van der Waals surface area contributed by atoms with Crippen LogP contribution in [0.2, 0.25) is 0 Å². The lowest BCUT2D eigenvalue weighted by atomic mass is 9.91. The predicted octanol–water partition coefficient (Wildman–Crippen LogP) is 2.96. The lowest BCUT2D eigenvalue weighted by Gasteiger charge is -2.39.